The molecule has 2 saturated heterocycles. The minimum Gasteiger partial charge on any atom is -0.337 e. The lowest BCUT2D eigenvalue weighted by atomic mass is 10.0. The van der Waals surface area contributed by atoms with Gasteiger partial charge in [-0.2, -0.15) is 0 Å². The van der Waals surface area contributed by atoms with Crippen molar-refractivity contribution in [2.24, 2.45) is 0 Å². The molecular weight excluding hydrogens is 455 g/mol. The standard InChI is InChI=1S/C22H25FN2O5S2/c23-16-5-4-8-20(13-16)32(29,30)24-12-11-22(26)25-17-9-10-18(25)15-21(14-17)31(27,28)19-6-2-1-3-7-19/h1-8,13,17-18,21,24H,9-12,14-15H2. The second kappa shape index (κ2) is 8.92. The minimum absolute atomic E-state index is 0.0440. The van der Waals surface area contributed by atoms with Gasteiger partial charge in [-0.15, -0.1) is 0 Å². The molecular formula is C22H25FN2O5S2. The van der Waals surface area contributed by atoms with Crippen LogP contribution >= 0.6 is 0 Å². The topological polar surface area (TPSA) is 101 Å². The minimum atomic E-state index is -3.92. The highest BCUT2D eigenvalue weighted by atomic mass is 32.2. The number of carbonyl (C=O) groups is 1. The van der Waals surface area contributed by atoms with Crippen molar-refractivity contribution in [3.63, 3.8) is 0 Å². The van der Waals surface area contributed by atoms with Crippen LogP contribution in [0.5, 0.6) is 0 Å². The van der Waals surface area contributed by atoms with Crippen LogP contribution in [0, 0.1) is 5.82 Å². The molecule has 2 fully saturated rings. The number of nitrogens with zero attached hydrogens (tertiary/aromatic N) is 1. The maximum atomic E-state index is 13.3. The Morgan fingerprint density at radius 3 is 2.19 bits per heavy atom. The van der Waals surface area contributed by atoms with Crippen LogP contribution in [-0.4, -0.2) is 51.5 Å². The Labute approximate surface area is 187 Å². The summed E-state index contributed by atoms with van der Waals surface area (Å²) in [5.41, 5.74) is 0. The van der Waals surface area contributed by atoms with Crippen molar-refractivity contribution < 1.29 is 26.0 Å². The highest BCUT2D eigenvalue weighted by molar-refractivity contribution is 7.92. The summed E-state index contributed by atoms with van der Waals surface area (Å²) < 4.78 is 66.3. The number of amides is 1. The predicted molar refractivity (Wildman–Crippen MR) is 117 cm³/mol. The van der Waals surface area contributed by atoms with Crippen LogP contribution < -0.4 is 4.72 Å². The van der Waals surface area contributed by atoms with E-state index in [2.05, 4.69) is 4.72 Å². The second-order valence-corrected chi connectivity index (χ2v) is 12.2. The Hall–Kier alpha value is -2.30. The van der Waals surface area contributed by atoms with Crippen LogP contribution in [0.15, 0.2) is 64.4 Å². The van der Waals surface area contributed by atoms with Gasteiger partial charge in [0.15, 0.2) is 9.84 Å². The van der Waals surface area contributed by atoms with E-state index in [9.17, 15) is 26.0 Å². The molecule has 2 bridgehead atoms. The molecule has 2 aromatic rings. The number of sulfone groups is 1. The normalized spacial score (nSPS) is 23.3. The molecule has 2 heterocycles. The molecule has 7 nitrogen and oxygen atoms in total. The van der Waals surface area contributed by atoms with Gasteiger partial charge in [0, 0.05) is 25.0 Å². The zero-order chi connectivity index (χ0) is 22.9. The number of carbonyl (C=O) groups excluding carboxylic acids is 1. The molecule has 1 amide bonds. The molecule has 2 atom stereocenters. The summed E-state index contributed by atoms with van der Waals surface area (Å²) in [7, 11) is -7.39. The molecule has 0 aromatic heterocycles. The zero-order valence-electron chi connectivity index (χ0n) is 17.4. The van der Waals surface area contributed by atoms with Gasteiger partial charge in [0.1, 0.15) is 5.82 Å². The van der Waals surface area contributed by atoms with Crippen molar-refractivity contribution in [2.45, 2.75) is 59.2 Å². The van der Waals surface area contributed by atoms with Gasteiger partial charge >= 0.3 is 0 Å². The Morgan fingerprint density at radius 1 is 0.938 bits per heavy atom. The fourth-order valence-corrected chi connectivity index (χ4v) is 7.66. The third-order valence-electron chi connectivity index (χ3n) is 6.23. The summed E-state index contributed by atoms with van der Waals surface area (Å²) in [6.07, 6.45) is 2.21. The molecule has 0 radical (unpaired) electrons. The van der Waals surface area contributed by atoms with Crippen LogP contribution in [0.3, 0.4) is 0 Å². The van der Waals surface area contributed by atoms with Crippen molar-refractivity contribution in [2.75, 3.05) is 6.54 Å². The van der Waals surface area contributed by atoms with Gasteiger partial charge in [-0.1, -0.05) is 24.3 Å². The first-order valence-electron chi connectivity index (χ1n) is 10.5. The van der Waals surface area contributed by atoms with Crippen molar-refractivity contribution in [3.8, 4) is 0 Å². The summed E-state index contributed by atoms with van der Waals surface area (Å²) in [6, 6.07) is 12.7. The highest BCUT2D eigenvalue weighted by Gasteiger charge is 2.46. The predicted octanol–water partition coefficient (Wildman–Crippen LogP) is 2.49. The average molecular weight is 481 g/mol. The summed E-state index contributed by atoms with van der Waals surface area (Å²) >= 11 is 0. The van der Waals surface area contributed by atoms with Gasteiger partial charge in [0.2, 0.25) is 15.9 Å². The molecule has 0 spiro atoms. The van der Waals surface area contributed by atoms with E-state index in [0.29, 0.717) is 17.7 Å². The van der Waals surface area contributed by atoms with E-state index in [0.717, 1.165) is 25.0 Å². The van der Waals surface area contributed by atoms with Crippen LogP contribution in [0.2, 0.25) is 0 Å². The number of benzene rings is 2. The number of halogens is 1. The Balaban J connectivity index is 1.37. The zero-order valence-corrected chi connectivity index (χ0v) is 19.0. The van der Waals surface area contributed by atoms with Gasteiger partial charge in [-0.3, -0.25) is 4.79 Å². The number of hydrogen-bond acceptors (Lipinski definition) is 5. The van der Waals surface area contributed by atoms with Crippen LogP contribution in [0.4, 0.5) is 4.39 Å². The summed E-state index contributed by atoms with van der Waals surface area (Å²) in [5, 5.41) is -0.530. The third kappa shape index (κ3) is 4.57. The van der Waals surface area contributed by atoms with E-state index in [1.165, 1.54) is 12.1 Å². The highest BCUT2D eigenvalue weighted by Crippen LogP contribution is 2.40. The van der Waals surface area contributed by atoms with E-state index in [-0.39, 0.29) is 35.9 Å². The van der Waals surface area contributed by atoms with Crippen LogP contribution in [0.1, 0.15) is 32.1 Å². The smallest absolute Gasteiger partial charge is 0.240 e. The Bertz CT molecular complexity index is 1190. The molecule has 0 saturated carbocycles. The molecule has 1 N–H and O–H groups in total. The number of piperidine rings is 1. The lowest BCUT2D eigenvalue weighted by Gasteiger charge is -2.38. The molecule has 32 heavy (non-hydrogen) atoms. The van der Waals surface area contributed by atoms with Gasteiger partial charge in [0.25, 0.3) is 0 Å². The van der Waals surface area contributed by atoms with Crippen molar-refractivity contribution in [1.29, 1.82) is 0 Å². The molecule has 0 aliphatic carbocycles. The summed E-state index contributed by atoms with van der Waals surface area (Å²) in [4.78, 5) is 14.7. The van der Waals surface area contributed by atoms with E-state index in [4.69, 9.17) is 0 Å². The van der Waals surface area contributed by atoms with Crippen LogP contribution in [-0.2, 0) is 24.7 Å². The quantitative estimate of drug-likeness (QED) is 0.656. The maximum Gasteiger partial charge on any atom is 0.240 e. The van der Waals surface area contributed by atoms with Gasteiger partial charge in [-0.25, -0.2) is 25.9 Å². The molecule has 172 valence electrons. The number of rotatable bonds is 7. The van der Waals surface area contributed by atoms with Crippen molar-refractivity contribution >= 4 is 25.8 Å². The molecule has 2 unspecified atom stereocenters. The first kappa shape index (κ1) is 22.9. The van der Waals surface area contributed by atoms with E-state index < -0.39 is 30.9 Å². The van der Waals surface area contributed by atoms with E-state index >= 15 is 0 Å². The third-order valence-corrected chi connectivity index (χ3v) is 9.88. The fourth-order valence-electron chi connectivity index (χ4n) is 4.73. The Kier molecular flexibility index (Phi) is 6.37. The first-order chi connectivity index (χ1) is 15.2. The Morgan fingerprint density at radius 2 is 1.56 bits per heavy atom. The molecule has 2 aliphatic heterocycles. The SMILES string of the molecule is O=C(CCNS(=O)(=O)c1cccc(F)c1)N1C2CCC1CC(S(=O)(=O)c1ccccc1)C2. The van der Waals surface area contributed by atoms with Crippen LogP contribution in [0.25, 0.3) is 0 Å². The number of nitrogens with one attached hydrogen (secondary N) is 1. The molecule has 4 rings (SSSR count). The van der Waals surface area contributed by atoms with Gasteiger partial charge < -0.3 is 4.90 Å². The maximum absolute atomic E-state index is 13.3. The van der Waals surface area contributed by atoms with E-state index in [1.807, 2.05) is 0 Å². The molecule has 2 aliphatic rings. The second-order valence-electron chi connectivity index (χ2n) is 8.24. The lowest BCUT2D eigenvalue weighted by molar-refractivity contribution is -0.135. The van der Waals surface area contributed by atoms with E-state index in [1.54, 1.807) is 35.2 Å². The summed E-state index contributed by atoms with van der Waals surface area (Å²) in [6.45, 7) is -0.112. The summed E-state index contributed by atoms with van der Waals surface area (Å²) in [5.74, 6) is -0.858. The number of hydrogen-bond donors (Lipinski definition) is 1. The lowest BCUT2D eigenvalue weighted by Crippen LogP contribution is -2.50. The monoisotopic (exact) mass is 480 g/mol. The number of sulfonamides is 1. The first-order valence-corrected chi connectivity index (χ1v) is 13.6. The fraction of sp³-hybridized carbons (Fsp3) is 0.409. The largest absolute Gasteiger partial charge is 0.337 e. The molecule has 2 aromatic carbocycles. The number of fused-ring (bicyclic) bond motifs is 2. The van der Waals surface area contributed by atoms with Crippen molar-refractivity contribution in [3.05, 3.63) is 60.4 Å². The van der Waals surface area contributed by atoms with Gasteiger partial charge in [-0.05, 0) is 56.0 Å². The average Bonchev–Trinajstić information content (AvgIpc) is 3.03. The van der Waals surface area contributed by atoms with Gasteiger partial charge in [0.05, 0.1) is 15.0 Å². The van der Waals surface area contributed by atoms with Crippen molar-refractivity contribution in [1.82, 2.24) is 9.62 Å². The molecule has 10 heteroatoms.